The van der Waals surface area contributed by atoms with Crippen molar-refractivity contribution in [3.05, 3.63) is 33.8 Å². The van der Waals surface area contributed by atoms with Crippen LogP contribution in [0, 0.1) is 0 Å². The molecule has 3 nitrogen and oxygen atoms in total. The maximum Gasteiger partial charge on any atom is 0.208 e. The van der Waals surface area contributed by atoms with Crippen LogP contribution in [0.15, 0.2) is 22.7 Å². The second-order valence-electron chi connectivity index (χ2n) is 6.33. The zero-order valence-corrected chi connectivity index (χ0v) is 14.3. The number of ether oxygens (including phenoxy) is 1. The molecule has 112 valence electrons. The predicted molar refractivity (Wildman–Crippen MR) is 84.7 cm³/mol. The predicted octanol–water partition coefficient (Wildman–Crippen LogP) is 3.33. The molecule has 1 aliphatic rings. The highest BCUT2D eigenvalue weighted by molar-refractivity contribution is 9.10. The van der Waals surface area contributed by atoms with Crippen LogP contribution in [0.1, 0.15) is 45.2 Å². The maximum atomic E-state index is 11.0. The molecule has 20 heavy (non-hydrogen) atoms. The lowest BCUT2D eigenvalue weighted by atomic mass is 9.91. The summed E-state index contributed by atoms with van der Waals surface area (Å²) in [4.78, 5) is 0. The van der Waals surface area contributed by atoms with Crippen molar-refractivity contribution in [1.82, 2.24) is 5.32 Å². The van der Waals surface area contributed by atoms with Gasteiger partial charge in [0.2, 0.25) is 5.79 Å². The molecule has 0 aromatic heterocycles. The SMILES string of the molecule is CCCc1cc(Br)cc(C2(O)OCC(C)(C)NC2C)c1. The van der Waals surface area contributed by atoms with Crippen molar-refractivity contribution in [1.29, 1.82) is 0 Å². The first-order chi connectivity index (χ1) is 9.27. The van der Waals surface area contributed by atoms with Crippen LogP contribution < -0.4 is 5.32 Å². The van der Waals surface area contributed by atoms with Crippen LogP contribution in [0.2, 0.25) is 0 Å². The van der Waals surface area contributed by atoms with Crippen molar-refractivity contribution in [2.75, 3.05) is 6.61 Å². The number of hydrogen-bond donors (Lipinski definition) is 2. The number of morpholine rings is 1. The van der Waals surface area contributed by atoms with Gasteiger partial charge in [-0.15, -0.1) is 0 Å². The number of nitrogens with one attached hydrogen (secondary N) is 1. The van der Waals surface area contributed by atoms with E-state index < -0.39 is 5.79 Å². The molecule has 4 heteroatoms. The Balaban J connectivity index is 2.34. The van der Waals surface area contributed by atoms with Crippen molar-refractivity contribution >= 4 is 15.9 Å². The Bertz CT molecular complexity index is 489. The average molecular weight is 342 g/mol. The largest absolute Gasteiger partial charge is 0.361 e. The third kappa shape index (κ3) is 3.25. The van der Waals surface area contributed by atoms with E-state index in [4.69, 9.17) is 4.74 Å². The third-order valence-corrected chi connectivity index (χ3v) is 4.21. The van der Waals surface area contributed by atoms with Crippen LogP contribution in [0.5, 0.6) is 0 Å². The summed E-state index contributed by atoms with van der Waals surface area (Å²) >= 11 is 3.53. The van der Waals surface area contributed by atoms with E-state index in [0.29, 0.717) is 6.61 Å². The summed E-state index contributed by atoms with van der Waals surface area (Å²) in [6.45, 7) is 8.74. The molecule has 1 fully saturated rings. The van der Waals surface area contributed by atoms with Gasteiger partial charge in [-0.2, -0.15) is 0 Å². The fourth-order valence-corrected chi connectivity index (χ4v) is 3.31. The van der Waals surface area contributed by atoms with Gasteiger partial charge in [0.25, 0.3) is 0 Å². The second kappa shape index (κ2) is 5.76. The molecule has 2 rings (SSSR count). The lowest BCUT2D eigenvalue weighted by Crippen LogP contribution is -2.63. The first kappa shape index (κ1) is 16.0. The Hall–Kier alpha value is -0.420. The van der Waals surface area contributed by atoms with Gasteiger partial charge in [-0.25, -0.2) is 0 Å². The molecule has 0 spiro atoms. The topological polar surface area (TPSA) is 41.5 Å². The van der Waals surface area contributed by atoms with Crippen molar-refractivity contribution < 1.29 is 9.84 Å². The molecule has 0 radical (unpaired) electrons. The van der Waals surface area contributed by atoms with Gasteiger partial charge in [0.05, 0.1) is 12.6 Å². The van der Waals surface area contributed by atoms with E-state index in [1.165, 1.54) is 5.56 Å². The molecule has 2 unspecified atom stereocenters. The van der Waals surface area contributed by atoms with Gasteiger partial charge in [-0.05, 0) is 44.9 Å². The van der Waals surface area contributed by atoms with Gasteiger partial charge in [0.15, 0.2) is 0 Å². The lowest BCUT2D eigenvalue weighted by molar-refractivity contribution is -0.263. The molecular weight excluding hydrogens is 318 g/mol. The maximum absolute atomic E-state index is 11.0. The van der Waals surface area contributed by atoms with Crippen molar-refractivity contribution in [2.24, 2.45) is 0 Å². The third-order valence-electron chi connectivity index (χ3n) is 3.76. The second-order valence-corrected chi connectivity index (χ2v) is 7.25. The van der Waals surface area contributed by atoms with Crippen LogP contribution in [-0.4, -0.2) is 23.3 Å². The van der Waals surface area contributed by atoms with E-state index in [1.807, 2.05) is 19.1 Å². The number of benzene rings is 1. The standard InChI is InChI=1S/C16H24BrNO2/c1-5-6-12-7-13(9-14(17)8-12)16(19)11(2)18-15(3,4)10-20-16/h7-9,11,18-19H,5-6,10H2,1-4H3. The molecule has 0 saturated carbocycles. The Kier molecular flexibility index (Phi) is 4.59. The van der Waals surface area contributed by atoms with Gasteiger partial charge in [-0.1, -0.05) is 35.3 Å². The number of rotatable bonds is 3. The summed E-state index contributed by atoms with van der Waals surface area (Å²) in [5.41, 5.74) is 1.90. The molecule has 1 aromatic carbocycles. The molecule has 2 atom stereocenters. The molecule has 2 N–H and O–H groups in total. The normalized spacial score (nSPS) is 29.4. The molecule has 1 aromatic rings. The van der Waals surface area contributed by atoms with Crippen molar-refractivity contribution in [3.63, 3.8) is 0 Å². The van der Waals surface area contributed by atoms with Gasteiger partial charge in [0, 0.05) is 15.6 Å². The number of hydrogen-bond acceptors (Lipinski definition) is 3. The number of aryl methyl sites for hydroxylation is 1. The zero-order chi connectivity index (χ0) is 15.0. The smallest absolute Gasteiger partial charge is 0.208 e. The minimum atomic E-state index is -1.28. The number of aliphatic hydroxyl groups is 1. The molecule has 1 saturated heterocycles. The van der Waals surface area contributed by atoms with Gasteiger partial charge >= 0.3 is 0 Å². The summed E-state index contributed by atoms with van der Waals surface area (Å²) in [5, 5.41) is 14.4. The Morgan fingerprint density at radius 1 is 1.40 bits per heavy atom. The van der Waals surface area contributed by atoms with E-state index in [2.05, 4.69) is 48.1 Å². The van der Waals surface area contributed by atoms with Crippen LogP contribution >= 0.6 is 15.9 Å². The van der Waals surface area contributed by atoms with Crippen LogP contribution in [0.25, 0.3) is 0 Å². The van der Waals surface area contributed by atoms with E-state index in [-0.39, 0.29) is 11.6 Å². The highest BCUT2D eigenvalue weighted by Gasteiger charge is 2.44. The first-order valence-electron chi connectivity index (χ1n) is 7.21. The summed E-state index contributed by atoms with van der Waals surface area (Å²) in [6.07, 6.45) is 2.08. The zero-order valence-electron chi connectivity index (χ0n) is 12.7. The molecule has 1 aliphatic heterocycles. The van der Waals surface area contributed by atoms with Crippen LogP contribution in [0.4, 0.5) is 0 Å². The minimum Gasteiger partial charge on any atom is -0.361 e. The molecule has 0 amide bonds. The van der Waals surface area contributed by atoms with E-state index in [9.17, 15) is 5.11 Å². The molecule has 1 heterocycles. The Labute approximate surface area is 129 Å². The summed E-state index contributed by atoms with van der Waals surface area (Å²) < 4.78 is 6.82. The minimum absolute atomic E-state index is 0.121. The van der Waals surface area contributed by atoms with Crippen LogP contribution in [0.3, 0.4) is 0 Å². The van der Waals surface area contributed by atoms with Gasteiger partial charge in [0.1, 0.15) is 0 Å². The highest BCUT2D eigenvalue weighted by Crippen LogP contribution is 2.34. The average Bonchev–Trinajstić information content (AvgIpc) is 2.34. The fraction of sp³-hybridized carbons (Fsp3) is 0.625. The lowest BCUT2D eigenvalue weighted by Gasteiger charge is -2.46. The Morgan fingerprint density at radius 3 is 2.70 bits per heavy atom. The van der Waals surface area contributed by atoms with Gasteiger partial charge < -0.3 is 15.2 Å². The monoisotopic (exact) mass is 341 g/mol. The van der Waals surface area contributed by atoms with Crippen molar-refractivity contribution in [2.45, 2.75) is 57.9 Å². The summed E-state index contributed by atoms with van der Waals surface area (Å²) in [5.74, 6) is -1.28. The van der Waals surface area contributed by atoms with Crippen LogP contribution in [-0.2, 0) is 16.9 Å². The summed E-state index contributed by atoms with van der Waals surface area (Å²) in [7, 11) is 0. The molecular formula is C16H24BrNO2. The van der Waals surface area contributed by atoms with E-state index in [0.717, 1.165) is 22.9 Å². The quantitative estimate of drug-likeness (QED) is 0.885. The molecule has 0 bridgehead atoms. The van der Waals surface area contributed by atoms with Crippen molar-refractivity contribution in [3.8, 4) is 0 Å². The first-order valence-corrected chi connectivity index (χ1v) is 8.00. The molecule has 0 aliphatic carbocycles. The highest BCUT2D eigenvalue weighted by atomic mass is 79.9. The van der Waals surface area contributed by atoms with E-state index >= 15 is 0 Å². The van der Waals surface area contributed by atoms with E-state index in [1.54, 1.807) is 0 Å². The number of halogens is 1. The summed E-state index contributed by atoms with van der Waals surface area (Å²) in [6, 6.07) is 5.91. The fourth-order valence-electron chi connectivity index (χ4n) is 2.76. The Morgan fingerprint density at radius 2 is 2.10 bits per heavy atom. The van der Waals surface area contributed by atoms with Gasteiger partial charge in [-0.3, -0.25) is 0 Å².